The van der Waals surface area contributed by atoms with Gasteiger partial charge in [0.25, 0.3) is 0 Å². The molecular weight excluding hydrogens is 434 g/mol. The fourth-order valence-electron chi connectivity index (χ4n) is 2.63. The van der Waals surface area contributed by atoms with Gasteiger partial charge in [-0.2, -0.15) is 0 Å². The maximum absolute atomic E-state index is 14.1. The second-order valence-electron chi connectivity index (χ2n) is 6.15. The van der Waals surface area contributed by atoms with Crippen molar-refractivity contribution < 1.29 is 17.2 Å². The Labute approximate surface area is 175 Å². The summed E-state index contributed by atoms with van der Waals surface area (Å²) in [5, 5.41) is 3.02. The highest BCUT2D eigenvalue weighted by molar-refractivity contribution is 7.94. The van der Waals surface area contributed by atoms with Gasteiger partial charge in [0.05, 0.1) is 16.1 Å². The number of sulfonamides is 1. The van der Waals surface area contributed by atoms with Crippen molar-refractivity contribution in [1.82, 2.24) is 9.97 Å². The third-order valence-electron chi connectivity index (χ3n) is 4.05. The highest BCUT2D eigenvalue weighted by Crippen LogP contribution is 2.35. The summed E-state index contributed by atoms with van der Waals surface area (Å²) in [5.74, 6) is -2.00. The van der Waals surface area contributed by atoms with Crippen molar-refractivity contribution in [3.05, 3.63) is 88.1 Å². The molecule has 6 nitrogen and oxygen atoms in total. The van der Waals surface area contributed by atoms with Crippen LogP contribution in [0.4, 0.5) is 26.1 Å². The second kappa shape index (κ2) is 7.85. The molecule has 10 heteroatoms. The predicted octanol–water partition coefficient (Wildman–Crippen LogP) is 5.70. The number of rotatable bonds is 5. The standard InChI is InChI=1S/C20H12ClF2N4O2S/c21-12-5-8-14(9-6-12)30(28,29)27-20-19(24-16-10-7-13(22)11-15(16)23)25-17-3-1-2-4-18(17)26-20/h1-11H,(H-,24,25,26,27)/q-1. The minimum absolute atomic E-state index is 0.0965. The number of nitrogens with one attached hydrogen (secondary N) is 1. The van der Waals surface area contributed by atoms with Gasteiger partial charge in [-0.1, -0.05) is 29.8 Å². The van der Waals surface area contributed by atoms with Gasteiger partial charge in [0.15, 0.2) is 0 Å². The second-order valence-corrected chi connectivity index (χ2v) is 8.19. The Bertz CT molecular complexity index is 1350. The first-order chi connectivity index (χ1) is 14.3. The number of nitrogens with zero attached hydrogens (tertiary/aromatic N) is 3. The van der Waals surface area contributed by atoms with Gasteiger partial charge in [-0.3, -0.25) is 0 Å². The lowest BCUT2D eigenvalue weighted by molar-refractivity contribution is 0.586. The van der Waals surface area contributed by atoms with E-state index < -0.39 is 21.7 Å². The van der Waals surface area contributed by atoms with Gasteiger partial charge in [0.2, 0.25) is 10.0 Å². The lowest BCUT2D eigenvalue weighted by Crippen LogP contribution is -2.03. The lowest BCUT2D eigenvalue weighted by atomic mass is 10.3. The number of anilines is 2. The first-order valence-corrected chi connectivity index (χ1v) is 10.4. The van der Waals surface area contributed by atoms with Crippen molar-refractivity contribution in [2.75, 3.05) is 5.32 Å². The Morgan fingerprint density at radius 1 is 0.900 bits per heavy atom. The average Bonchev–Trinajstić information content (AvgIpc) is 2.70. The van der Waals surface area contributed by atoms with Crippen molar-refractivity contribution in [3.8, 4) is 0 Å². The van der Waals surface area contributed by atoms with E-state index in [9.17, 15) is 17.2 Å². The van der Waals surface area contributed by atoms with E-state index in [1.807, 2.05) is 0 Å². The molecule has 1 N–H and O–H groups in total. The van der Waals surface area contributed by atoms with E-state index in [0.717, 1.165) is 6.07 Å². The smallest absolute Gasteiger partial charge is 0.202 e. The van der Waals surface area contributed by atoms with Crippen LogP contribution in [-0.2, 0) is 10.0 Å². The van der Waals surface area contributed by atoms with Gasteiger partial charge in [-0.15, -0.1) is 0 Å². The summed E-state index contributed by atoms with van der Waals surface area (Å²) in [6.07, 6.45) is 0. The summed E-state index contributed by atoms with van der Waals surface area (Å²) in [6, 6.07) is 15.1. The molecule has 0 saturated heterocycles. The minimum atomic E-state index is -4.16. The molecule has 0 aliphatic carbocycles. The van der Waals surface area contributed by atoms with E-state index in [-0.39, 0.29) is 22.2 Å². The van der Waals surface area contributed by atoms with Crippen molar-refractivity contribution in [3.63, 3.8) is 0 Å². The van der Waals surface area contributed by atoms with Crippen molar-refractivity contribution >= 4 is 50.0 Å². The number of fused-ring (bicyclic) bond motifs is 1. The van der Waals surface area contributed by atoms with Crippen LogP contribution in [0.5, 0.6) is 0 Å². The van der Waals surface area contributed by atoms with Crippen molar-refractivity contribution in [2.24, 2.45) is 0 Å². The molecule has 0 radical (unpaired) electrons. The van der Waals surface area contributed by atoms with Gasteiger partial charge in [-0.25, -0.2) is 22.2 Å². The maximum atomic E-state index is 14.1. The molecule has 4 rings (SSSR count). The third-order valence-corrected chi connectivity index (χ3v) is 5.59. The van der Waals surface area contributed by atoms with Crippen LogP contribution in [0.15, 0.2) is 71.6 Å². The monoisotopic (exact) mass is 445 g/mol. The maximum Gasteiger partial charge on any atom is 0.202 e. The van der Waals surface area contributed by atoms with E-state index in [1.54, 1.807) is 24.3 Å². The molecule has 0 amide bonds. The van der Waals surface area contributed by atoms with Gasteiger partial charge >= 0.3 is 0 Å². The van der Waals surface area contributed by atoms with Crippen LogP contribution in [0.3, 0.4) is 0 Å². The van der Waals surface area contributed by atoms with Crippen LogP contribution in [0.1, 0.15) is 0 Å². The Hall–Kier alpha value is -3.30. The normalized spacial score (nSPS) is 11.4. The minimum Gasteiger partial charge on any atom is -0.431 e. The van der Waals surface area contributed by atoms with Crippen LogP contribution in [0, 0.1) is 11.6 Å². The van der Waals surface area contributed by atoms with E-state index in [0.29, 0.717) is 22.1 Å². The molecule has 0 atom stereocenters. The Kier molecular flexibility index (Phi) is 5.23. The van der Waals surface area contributed by atoms with Gasteiger partial charge in [0.1, 0.15) is 17.5 Å². The quantitative estimate of drug-likeness (QED) is 0.426. The lowest BCUT2D eigenvalue weighted by Gasteiger charge is -2.21. The molecule has 0 unspecified atom stereocenters. The molecule has 4 aromatic rings. The molecule has 0 bridgehead atoms. The summed E-state index contributed by atoms with van der Waals surface area (Å²) in [7, 11) is -4.16. The molecule has 1 heterocycles. The summed E-state index contributed by atoms with van der Waals surface area (Å²) < 4.78 is 56.6. The largest absolute Gasteiger partial charge is 0.431 e. The Balaban J connectivity index is 1.79. The van der Waals surface area contributed by atoms with Gasteiger partial charge < -0.3 is 15.0 Å². The molecule has 3 aromatic carbocycles. The summed E-state index contributed by atoms with van der Waals surface area (Å²) in [6.45, 7) is 0. The highest BCUT2D eigenvalue weighted by Gasteiger charge is 2.14. The van der Waals surface area contributed by atoms with Crippen LogP contribution >= 0.6 is 11.6 Å². The molecule has 0 fully saturated rings. The molecule has 0 spiro atoms. The van der Waals surface area contributed by atoms with Crippen LogP contribution in [-0.4, -0.2) is 18.4 Å². The number of hydrogen-bond donors (Lipinski definition) is 1. The molecule has 1 aromatic heterocycles. The average molecular weight is 446 g/mol. The number of hydrogen-bond acceptors (Lipinski definition) is 5. The van der Waals surface area contributed by atoms with Crippen molar-refractivity contribution in [2.45, 2.75) is 4.90 Å². The molecule has 30 heavy (non-hydrogen) atoms. The van der Waals surface area contributed by atoms with Crippen LogP contribution in [0.25, 0.3) is 15.8 Å². The Morgan fingerprint density at radius 2 is 1.57 bits per heavy atom. The van der Waals surface area contributed by atoms with Gasteiger partial charge in [0, 0.05) is 11.1 Å². The van der Waals surface area contributed by atoms with Crippen molar-refractivity contribution in [1.29, 1.82) is 0 Å². The number of halogens is 3. The van der Waals surface area contributed by atoms with E-state index in [1.165, 1.54) is 30.3 Å². The Morgan fingerprint density at radius 3 is 2.23 bits per heavy atom. The molecule has 0 aliphatic heterocycles. The van der Waals surface area contributed by atoms with Gasteiger partial charge in [-0.05, 0) is 53.8 Å². The van der Waals surface area contributed by atoms with E-state index in [2.05, 4.69) is 20.0 Å². The topological polar surface area (TPSA) is 86.1 Å². The highest BCUT2D eigenvalue weighted by atomic mass is 35.5. The van der Waals surface area contributed by atoms with Crippen LogP contribution in [0.2, 0.25) is 5.02 Å². The summed E-state index contributed by atoms with van der Waals surface area (Å²) >= 11 is 5.81. The molecule has 0 aliphatic rings. The molecular formula is C20H12ClF2N4O2S-. The van der Waals surface area contributed by atoms with E-state index in [4.69, 9.17) is 11.6 Å². The predicted molar refractivity (Wildman–Crippen MR) is 111 cm³/mol. The molecule has 152 valence electrons. The third kappa shape index (κ3) is 4.17. The summed E-state index contributed by atoms with van der Waals surface area (Å²) in [5.41, 5.74) is 0.722. The summed E-state index contributed by atoms with van der Waals surface area (Å²) in [4.78, 5) is 8.47. The fraction of sp³-hybridized carbons (Fsp3) is 0. The molecule has 0 saturated carbocycles. The SMILES string of the molecule is O=S(=O)([N-]c1nc2ccccc2nc1Nc1ccc(F)cc1F)c1ccc(Cl)cc1. The first-order valence-electron chi connectivity index (χ1n) is 8.54. The number of benzene rings is 3. The zero-order valence-electron chi connectivity index (χ0n) is 15.1. The zero-order valence-corrected chi connectivity index (χ0v) is 16.6. The van der Waals surface area contributed by atoms with E-state index >= 15 is 0 Å². The first kappa shape index (κ1) is 20.0. The van der Waals surface area contributed by atoms with Crippen LogP contribution < -0.4 is 5.32 Å². The number of para-hydroxylation sites is 2. The zero-order chi connectivity index (χ0) is 21.3. The number of aromatic nitrogens is 2. The fourth-order valence-corrected chi connectivity index (χ4v) is 3.70.